The second-order valence-corrected chi connectivity index (χ2v) is 8.98. The third-order valence-corrected chi connectivity index (χ3v) is 6.38. The molecule has 0 saturated heterocycles. The van der Waals surface area contributed by atoms with Crippen molar-refractivity contribution < 1.29 is 18.3 Å². The predicted octanol–water partition coefficient (Wildman–Crippen LogP) is 5.48. The fourth-order valence-corrected chi connectivity index (χ4v) is 4.28. The topological polar surface area (TPSA) is 87.9 Å². The minimum atomic E-state index is -2.52. The van der Waals surface area contributed by atoms with E-state index in [1.165, 1.54) is 12.1 Å². The Labute approximate surface area is 206 Å². The van der Waals surface area contributed by atoms with Crippen LogP contribution in [0.2, 0.25) is 0 Å². The van der Waals surface area contributed by atoms with E-state index in [2.05, 4.69) is 21.4 Å². The first-order chi connectivity index (χ1) is 17.4. The molecule has 0 aliphatic carbocycles. The molecule has 5 rings (SSSR count). The van der Waals surface area contributed by atoms with Crippen LogP contribution in [0.5, 0.6) is 0 Å². The van der Waals surface area contributed by atoms with Gasteiger partial charge in [0, 0.05) is 28.3 Å². The minimum Gasteiger partial charge on any atom is -0.375 e. The van der Waals surface area contributed by atoms with Gasteiger partial charge in [0.25, 0.3) is 12.3 Å². The summed E-state index contributed by atoms with van der Waals surface area (Å²) in [6.07, 6.45) is -0.830. The van der Waals surface area contributed by atoms with Gasteiger partial charge in [0.15, 0.2) is 0 Å². The normalized spacial score (nSPS) is 17.0. The molecule has 6 nitrogen and oxygen atoms in total. The lowest BCUT2D eigenvalue weighted by atomic mass is 9.79. The van der Waals surface area contributed by atoms with E-state index in [-0.39, 0.29) is 24.6 Å². The predicted molar refractivity (Wildman–Crippen MR) is 130 cm³/mol. The van der Waals surface area contributed by atoms with Crippen LogP contribution in [0, 0.1) is 11.3 Å². The van der Waals surface area contributed by atoms with Crippen LogP contribution < -0.4 is 5.32 Å². The molecule has 8 heteroatoms. The molecule has 1 amide bonds. The number of hydrogen-bond acceptors (Lipinski definition) is 5. The molecule has 1 aliphatic heterocycles. The SMILES string of the molecule is C[C@@]1(C#N)COCc2ccc(C(=O)NCc3cc4nc(-c5ccc(C(F)F)cc5)ccc4cn3)cc21. The van der Waals surface area contributed by atoms with Crippen LogP contribution in [0.3, 0.4) is 0 Å². The number of nitriles is 1. The van der Waals surface area contributed by atoms with Crippen molar-refractivity contribution in [1.82, 2.24) is 15.3 Å². The Bertz CT molecular complexity index is 1500. The molecule has 0 fully saturated rings. The number of fused-ring (bicyclic) bond motifs is 2. The van der Waals surface area contributed by atoms with Crippen molar-refractivity contribution in [2.75, 3.05) is 6.61 Å². The van der Waals surface area contributed by atoms with Gasteiger partial charge in [-0.1, -0.05) is 30.3 Å². The number of benzene rings is 2. The lowest BCUT2D eigenvalue weighted by Crippen LogP contribution is -2.33. The van der Waals surface area contributed by atoms with Gasteiger partial charge >= 0.3 is 0 Å². The zero-order chi connectivity index (χ0) is 25.3. The Morgan fingerprint density at radius 1 is 1.17 bits per heavy atom. The second kappa shape index (κ2) is 9.44. The fraction of sp³-hybridized carbons (Fsp3) is 0.214. The van der Waals surface area contributed by atoms with Gasteiger partial charge in [0.2, 0.25) is 0 Å². The van der Waals surface area contributed by atoms with Crippen LogP contribution in [-0.2, 0) is 23.3 Å². The number of rotatable bonds is 5. The highest BCUT2D eigenvalue weighted by Gasteiger charge is 2.33. The molecule has 2 aromatic heterocycles. The van der Waals surface area contributed by atoms with Gasteiger partial charge in [-0.2, -0.15) is 5.26 Å². The molecule has 0 unspecified atom stereocenters. The molecule has 36 heavy (non-hydrogen) atoms. The maximum Gasteiger partial charge on any atom is 0.263 e. The quantitative estimate of drug-likeness (QED) is 0.406. The lowest BCUT2D eigenvalue weighted by molar-refractivity contribution is 0.0757. The van der Waals surface area contributed by atoms with Crippen molar-refractivity contribution in [3.63, 3.8) is 0 Å². The van der Waals surface area contributed by atoms with E-state index < -0.39 is 11.8 Å². The number of ether oxygens (including phenoxy) is 1. The van der Waals surface area contributed by atoms with Gasteiger partial charge in [-0.25, -0.2) is 13.8 Å². The number of alkyl halides is 2. The van der Waals surface area contributed by atoms with Crippen molar-refractivity contribution >= 4 is 16.8 Å². The molecule has 1 N–H and O–H groups in total. The van der Waals surface area contributed by atoms with Gasteiger partial charge < -0.3 is 10.1 Å². The number of aromatic nitrogens is 2. The fourth-order valence-electron chi connectivity index (χ4n) is 4.28. The summed E-state index contributed by atoms with van der Waals surface area (Å²) >= 11 is 0. The Hall–Kier alpha value is -4.22. The van der Waals surface area contributed by atoms with Crippen molar-refractivity contribution in [3.8, 4) is 17.3 Å². The highest BCUT2D eigenvalue weighted by atomic mass is 19.3. The Balaban J connectivity index is 1.33. The second-order valence-electron chi connectivity index (χ2n) is 8.98. The highest BCUT2D eigenvalue weighted by Crippen LogP contribution is 2.32. The molecule has 3 heterocycles. The Morgan fingerprint density at radius 3 is 2.72 bits per heavy atom. The molecular formula is C28H22F2N4O2. The van der Waals surface area contributed by atoms with Crippen LogP contribution in [0.15, 0.2) is 66.9 Å². The largest absolute Gasteiger partial charge is 0.375 e. The van der Waals surface area contributed by atoms with Crippen molar-refractivity contribution in [2.45, 2.75) is 31.9 Å². The number of amides is 1. The van der Waals surface area contributed by atoms with E-state index in [0.29, 0.717) is 29.1 Å². The zero-order valence-electron chi connectivity index (χ0n) is 19.5. The van der Waals surface area contributed by atoms with Crippen molar-refractivity contribution in [2.24, 2.45) is 0 Å². The molecule has 1 atom stereocenters. The van der Waals surface area contributed by atoms with Gasteiger partial charge in [0.1, 0.15) is 5.41 Å². The number of nitrogens with zero attached hydrogens (tertiary/aromatic N) is 3. The number of halogens is 2. The van der Waals surface area contributed by atoms with E-state index in [1.807, 2.05) is 18.2 Å². The summed E-state index contributed by atoms with van der Waals surface area (Å²) in [5, 5.41) is 13.3. The van der Waals surface area contributed by atoms with E-state index >= 15 is 0 Å². The van der Waals surface area contributed by atoms with Crippen LogP contribution >= 0.6 is 0 Å². The maximum absolute atomic E-state index is 12.9. The summed E-state index contributed by atoms with van der Waals surface area (Å²) in [5.74, 6) is -0.271. The van der Waals surface area contributed by atoms with E-state index in [0.717, 1.165) is 22.1 Å². The van der Waals surface area contributed by atoms with Gasteiger partial charge in [-0.05, 0) is 48.4 Å². The summed E-state index contributed by atoms with van der Waals surface area (Å²) in [5.41, 5.74) is 4.04. The summed E-state index contributed by atoms with van der Waals surface area (Å²) in [4.78, 5) is 21.9. The Kier molecular flexibility index (Phi) is 6.17. The average Bonchev–Trinajstić information content (AvgIpc) is 2.91. The summed E-state index contributed by atoms with van der Waals surface area (Å²) in [6, 6.07) is 19.1. The number of carbonyl (C=O) groups excluding carboxylic acids is 1. The number of nitrogens with one attached hydrogen (secondary N) is 1. The summed E-state index contributed by atoms with van der Waals surface area (Å²) < 4.78 is 31.2. The van der Waals surface area contributed by atoms with Crippen molar-refractivity contribution in [1.29, 1.82) is 5.26 Å². The van der Waals surface area contributed by atoms with Crippen molar-refractivity contribution in [3.05, 3.63) is 94.8 Å². The monoisotopic (exact) mass is 484 g/mol. The van der Waals surface area contributed by atoms with E-state index in [9.17, 15) is 18.8 Å². The first kappa shape index (κ1) is 23.5. The van der Waals surface area contributed by atoms with E-state index in [1.54, 1.807) is 43.5 Å². The smallest absolute Gasteiger partial charge is 0.263 e. The molecule has 4 aromatic rings. The summed E-state index contributed by atoms with van der Waals surface area (Å²) in [7, 11) is 0. The van der Waals surface area contributed by atoms with Crippen LogP contribution in [0.25, 0.3) is 22.2 Å². The first-order valence-electron chi connectivity index (χ1n) is 11.4. The van der Waals surface area contributed by atoms with Gasteiger partial charge in [-0.3, -0.25) is 9.78 Å². The minimum absolute atomic E-state index is 0.0359. The van der Waals surface area contributed by atoms with Crippen LogP contribution in [-0.4, -0.2) is 22.5 Å². The average molecular weight is 485 g/mol. The summed E-state index contributed by atoms with van der Waals surface area (Å²) in [6.45, 7) is 2.70. The lowest BCUT2D eigenvalue weighted by Gasteiger charge is -2.30. The molecule has 180 valence electrons. The number of hydrogen-bond donors (Lipinski definition) is 1. The molecule has 1 aliphatic rings. The molecule has 0 spiro atoms. The molecule has 0 radical (unpaired) electrons. The van der Waals surface area contributed by atoms with Crippen LogP contribution in [0.4, 0.5) is 8.78 Å². The standard InChI is InChI=1S/C28H22F2N4O2/c1-28(15-31)16-36-14-21-7-6-19(10-23(21)28)27(35)33-13-22-11-25-20(12-32-22)8-9-24(34-25)17-2-4-18(5-3-17)26(29)30/h2-12,26H,13-14,16H2,1H3,(H,33,35)/t28-/m1/s1. The molecule has 2 aromatic carbocycles. The van der Waals surface area contributed by atoms with Gasteiger partial charge in [-0.15, -0.1) is 0 Å². The molecule has 0 saturated carbocycles. The zero-order valence-corrected chi connectivity index (χ0v) is 19.5. The molecular weight excluding hydrogens is 462 g/mol. The van der Waals surface area contributed by atoms with Crippen LogP contribution in [0.1, 0.15) is 46.1 Å². The Morgan fingerprint density at radius 2 is 1.97 bits per heavy atom. The number of carbonyl (C=O) groups is 1. The maximum atomic E-state index is 12.9. The number of pyridine rings is 2. The highest BCUT2D eigenvalue weighted by molar-refractivity contribution is 5.94. The van der Waals surface area contributed by atoms with E-state index in [4.69, 9.17) is 4.74 Å². The third-order valence-electron chi connectivity index (χ3n) is 6.38. The molecule has 0 bridgehead atoms. The first-order valence-corrected chi connectivity index (χ1v) is 11.4. The van der Waals surface area contributed by atoms with Gasteiger partial charge in [0.05, 0.1) is 42.7 Å². The third kappa shape index (κ3) is 4.53.